The molecule has 0 radical (unpaired) electrons. The van der Waals surface area contributed by atoms with E-state index in [4.69, 9.17) is 16.0 Å². The molecule has 1 fully saturated rings. The van der Waals surface area contributed by atoms with Crippen LogP contribution in [0.5, 0.6) is 0 Å². The number of benzene rings is 1. The van der Waals surface area contributed by atoms with Crippen LogP contribution in [-0.2, 0) is 17.8 Å². The first-order valence-corrected chi connectivity index (χ1v) is 9.87. The predicted octanol–water partition coefficient (Wildman–Crippen LogP) is 4.10. The quantitative estimate of drug-likeness (QED) is 0.649. The van der Waals surface area contributed by atoms with E-state index in [1.807, 2.05) is 49.1 Å². The van der Waals surface area contributed by atoms with E-state index in [1.165, 1.54) is 0 Å². The van der Waals surface area contributed by atoms with Gasteiger partial charge in [-0.2, -0.15) is 5.10 Å². The van der Waals surface area contributed by atoms with Gasteiger partial charge in [-0.1, -0.05) is 23.7 Å². The topological polar surface area (TPSA) is 64.2 Å². The largest absolute Gasteiger partial charge is 0.443 e. The number of aromatic nitrogens is 3. The highest BCUT2D eigenvalue weighted by Crippen LogP contribution is 2.32. The molecule has 3 aromatic rings. The fourth-order valence-electron chi connectivity index (χ4n) is 3.74. The van der Waals surface area contributed by atoms with Crippen molar-refractivity contribution < 1.29 is 9.21 Å². The van der Waals surface area contributed by atoms with Crippen LogP contribution in [0, 0.1) is 13.8 Å². The Morgan fingerprint density at radius 3 is 2.79 bits per heavy atom. The number of carbonyl (C=O) groups excluding carboxylic acids is 1. The Morgan fingerprint density at radius 1 is 1.29 bits per heavy atom. The van der Waals surface area contributed by atoms with Crippen LogP contribution in [0.15, 0.2) is 40.9 Å². The van der Waals surface area contributed by atoms with Gasteiger partial charge in [0.05, 0.1) is 11.9 Å². The van der Waals surface area contributed by atoms with Gasteiger partial charge in [-0.15, -0.1) is 0 Å². The minimum atomic E-state index is -0.108. The minimum absolute atomic E-state index is 0.0474. The molecule has 0 spiro atoms. The molecule has 7 heteroatoms. The van der Waals surface area contributed by atoms with E-state index in [9.17, 15) is 4.79 Å². The van der Waals surface area contributed by atoms with Crippen LogP contribution in [0.4, 0.5) is 0 Å². The van der Waals surface area contributed by atoms with E-state index in [0.717, 1.165) is 42.1 Å². The van der Waals surface area contributed by atoms with Gasteiger partial charge in [-0.3, -0.25) is 9.48 Å². The summed E-state index contributed by atoms with van der Waals surface area (Å²) in [4.78, 5) is 19.2. The van der Waals surface area contributed by atoms with Gasteiger partial charge in [-0.05, 0) is 50.5 Å². The Hall–Kier alpha value is -2.60. The molecule has 28 heavy (non-hydrogen) atoms. The standard InChI is InChI=1S/C21H23ClN4O2/c1-14-10-15(2)26(24-14)13-20(27)25-9-3-4-19(25)21-23-12-18(28-21)11-16-5-7-17(22)8-6-16/h5-8,10,12,19H,3-4,9,11,13H2,1-2H3/t19-/m1/s1. The van der Waals surface area contributed by atoms with Crippen LogP contribution in [0.25, 0.3) is 0 Å². The summed E-state index contributed by atoms with van der Waals surface area (Å²) in [6.07, 6.45) is 4.22. The third-order valence-electron chi connectivity index (χ3n) is 5.11. The van der Waals surface area contributed by atoms with Crippen LogP contribution in [0.3, 0.4) is 0 Å². The minimum Gasteiger partial charge on any atom is -0.443 e. The number of oxazole rings is 1. The zero-order chi connectivity index (χ0) is 19.7. The molecule has 0 unspecified atom stereocenters. The number of aryl methyl sites for hydroxylation is 2. The van der Waals surface area contributed by atoms with Crippen molar-refractivity contribution in [1.29, 1.82) is 0 Å². The smallest absolute Gasteiger partial charge is 0.244 e. The maximum atomic E-state index is 12.9. The Balaban J connectivity index is 1.46. The zero-order valence-electron chi connectivity index (χ0n) is 16.1. The zero-order valence-corrected chi connectivity index (χ0v) is 16.8. The van der Waals surface area contributed by atoms with Crippen molar-refractivity contribution in [2.24, 2.45) is 0 Å². The molecule has 0 saturated carbocycles. The first-order chi connectivity index (χ1) is 13.5. The molecule has 0 N–H and O–H groups in total. The average Bonchev–Trinajstić information content (AvgIpc) is 3.37. The second-order valence-electron chi connectivity index (χ2n) is 7.30. The first kappa shape index (κ1) is 18.7. The van der Waals surface area contributed by atoms with Crippen LogP contribution >= 0.6 is 11.6 Å². The first-order valence-electron chi connectivity index (χ1n) is 9.49. The van der Waals surface area contributed by atoms with Gasteiger partial charge in [0, 0.05) is 23.7 Å². The van der Waals surface area contributed by atoms with Crippen LogP contribution < -0.4 is 0 Å². The van der Waals surface area contributed by atoms with E-state index < -0.39 is 0 Å². The molecule has 1 amide bonds. The van der Waals surface area contributed by atoms with E-state index in [0.29, 0.717) is 17.3 Å². The molecule has 146 valence electrons. The number of hydrogen-bond acceptors (Lipinski definition) is 4. The third-order valence-corrected chi connectivity index (χ3v) is 5.36. The summed E-state index contributed by atoms with van der Waals surface area (Å²) in [5.41, 5.74) is 3.02. The van der Waals surface area contributed by atoms with E-state index in [2.05, 4.69) is 10.1 Å². The van der Waals surface area contributed by atoms with E-state index in [1.54, 1.807) is 10.9 Å². The lowest BCUT2D eigenvalue weighted by molar-refractivity contribution is -0.133. The van der Waals surface area contributed by atoms with Crippen molar-refractivity contribution in [3.63, 3.8) is 0 Å². The summed E-state index contributed by atoms with van der Waals surface area (Å²) in [6, 6.07) is 9.55. The van der Waals surface area contributed by atoms with E-state index >= 15 is 0 Å². The number of hydrogen-bond donors (Lipinski definition) is 0. The molecule has 1 atom stereocenters. The van der Waals surface area contributed by atoms with Gasteiger partial charge >= 0.3 is 0 Å². The Morgan fingerprint density at radius 2 is 2.07 bits per heavy atom. The molecule has 1 saturated heterocycles. The molecule has 1 aliphatic heterocycles. The van der Waals surface area contributed by atoms with Crippen molar-refractivity contribution >= 4 is 17.5 Å². The second-order valence-corrected chi connectivity index (χ2v) is 7.73. The number of nitrogens with zero attached hydrogens (tertiary/aromatic N) is 4. The molecule has 2 aromatic heterocycles. The van der Waals surface area contributed by atoms with Gasteiger partial charge in [0.2, 0.25) is 11.8 Å². The molecule has 1 aliphatic rings. The van der Waals surface area contributed by atoms with Crippen molar-refractivity contribution in [2.45, 2.75) is 45.7 Å². The number of amides is 1. The average molecular weight is 399 g/mol. The summed E-state index contributed by atoms with van der Waals surface area (Å²) < 4.78 is 7.76. The molecule has 0 bridgehead atoms. The molecule has 3 heterocycles. The summed E-state index contributed by atoms with van der Waals surface area (Å²) in [5.74, 6) is 1.45. The lowest BCUT2D eigenvalue weighted by Gasteiger charge is -2.22. The normalized spacial score (nSPS) is 16.7. The second kappa shape index (κ2) is 7.80. The molecule has 0 aliphatic carbocycles. The molecule has 4 rings (SSSR count). The Kier molecular flexibility index (Phi) is 5.22. The van der Waals surface area contributed by atoms with Gasteiger partial charge in [0.15, 0.2) is 0 Å². The predicted molar refractivity (Wildman–Crippen MR) is 106 cm³/mol. The van der Waals surface area contributed by atoms with E-state index in [-0.39, 0.29) is 18.5 Å². The molecular weight excluding hydrogens is 376 g/mol. The number of halogens is 1. The molecule has 6 nitrogen and oxygen atoms in total. The molecule has 1 aromatic carbocycles. The SMILES string of the molecule is Cc1cc(C)n(CC(=O)N2CCC[C@@H]2c2ncc(Cc3ccc(Cl)cc3)o2)n1. The monoisotopic (exact) mass is 398 g/mol. The van der Waals surface area contributed by atoms with Crippen LogP contribution in [-0.4, -0.2) is 32.1 Å². The fourth-order valence-corrected chi connectivity index (χ4v) is 3.86. The fraction of sp³-hybridized carbons (Fsp3) is 0.381. The summed E-state index contributed by atoms with van der Waals surface area (Å²) in [5, 5.41) is 5.11. The summed E-state index contributed by atoms with van der Waals surface area (Å²) >= 11 is 5.94. The Bertz CT molecular complexity index is 977. The van der Waals surface area contributed by atoms with Crippen LogP contribution in [0.2, 0.25) is 5.02 Å². The van der Waals surface area contributed by atoms with Gasteiger partial charge < -0.3 is 9.32 Å². The summed E-state index contributed by atoms with van der Waals surface area (Å²) in [6.45, 7) is 4.86. The third kappa shape index (κ3) is 3.97. The highest BCUT2D eigenvalue weighted by atomic mass is 35.5. The van der Waals surface area contributed by atoms with Crippen LogP contribution in [0.1, 0.15) is 47.5 Å². The van der Waals surface area contributed by atoms with Gasteiger partial charge in [0.25, 0.3) is 0 Å². The van der Waals surface area contributed by atoms with Crippen molar-refractivity contribution in [2.75, 3.05) is 6.54 Å². The number of carbonyl (C=O) groups is 1. The maximum absolute atomic E-state index is 12.9. The highest BCUT2D eigenvalue weighted by Gasteiger charge is 2.33. The lowest BCUT2D eigenvalue weighted by atomic mass is 10.1. The Labute approximate surface area is 169 Å². The van der Waals surface area contributed by atoms with Gasteiger partial charge in [0.1, 0.15) is 18.3 Å². The van der Waals surface area contributed by atoms with Gasteiger partial charge in [-0.25, -0.2) is 4.98 Å². The van der Waals surface area contributed by atoms with Crippen molar-refractivity contribution in [3.05, 3.63) is 70.2 Å². The number of likely N-dealkylation sites (tertiary alicyclic amines) is 1. The highest BCUT2D eigenvalue weighted by molar-refractivity contribution is 6.30. The maximum Gasteiger partial charge on any atom is 0.244 e. The van der Waals surface area contributed by atoms with Crippen molar-refractivity contribution in [1.82, 2.24) is 19.7 Å². The number of rotatable bonds is 5. The molecular formula is C21H23ClN4O2. The summed E-state index contributed by atoms with van der Waals surface area (Å²) in [7, 11) is 0. The lowest BCUT2D eigenvalue weighted by Crippen LogP contribution is -2.34. The van der Waals surface area contributed by atoms with Crippen molar-refractivity contribution in [3.8, 4) is 0 Å².